The smallest absolute Gasteiger partial charge is 0.303 e. The molecule has 0 aliphatic heterocycles. The number of aryl methyl sites for hydroxylation is 1. The second-order valence-electron chi connectivity index (χ2n) is 3.89. The fourth-order valence-electron chi connectivity index (χ4n) is 1.48. The molecule has 0 saturated heterocycles. The maximum Gasteiger partial charge on any atom is 0.303 e. The molecular weight excluding hydrogens is 238 g/mol. The molecule has 1 rings (SSSR count). The van der Waals surface area contributed by atoms with Gasteiger partial charge in [0.1, 0.15) is 0 Å². The molecule has 0 spiro atoms. The molecule has 0 aromatic heterocycles. The molecule has 0 fully saturated rings. The highest BCUT2D eigenvalue weighted by Crippen LogP contribution is 2.06. The highest BCUT2D eigenvalue weighted by Gasteiger charge is 1.99. The standard InChI is InChI=1S/C13H19NO2.ClH/c1-2-9-14-10-12-5-3-11(4-6-12)7-8-13(15)16;/h3-6,14H,2,7-10H2,1H3,(H,15,16);1H. The van der Waals surface area contributed by atoms with Crippen molar-refractivity contribution in [2.45, 2.75) is 32.7 Å². The zero-order valence-electron chi connectivity index (χ0n) is 10.1. The van der Waals surface area contributed by atoms with Gasteiger partial charge in [-0.05, 0) is 30.5 Å². The van der Waals surface area contributed by atoms with Gasteiger partial charge in [0.2, 0.25) is 0 Å². The zero-order chi connectivity index (χ0) is 11.8. The van der Waals surface area contributed by atoms with Crippen molar-refractivity contribution in [2.24, 2.45) is 0 Å². The van der Waals surface area contributed by atoms with Crippen LogP contribution < -0.4 is 5.32 Å². The third-order valence-electron chi connectivity index (χ3n) is 2.41. The van der Waals surface area contributed by atoms with E-state index in [1.54, 1.807) is 0 Å². The van der Waals surface area contributed by atoms with Gasteiger partial charge in [0.25, 0.3) is 0 Å². The van der Waals surface area contributed by atoms with Crippen LogP contribution >= 0.6 is 12.4 Å². The van der Waals surface area contributed by atoms with Gasteiger partial charge < -0.3 is 10.4 Å². The van der Waals surface area contributed by atoms with E-state index in [1.807, 2.05) is 12.1 Å². The predicted molar refractivity (Wildman–Crippen MR) is 71.6 cm³/mol. The Bertz CT molecular complexity index is 325. The summed E-state index contributed by atoms with van der Waals surface area (Å²) in [5.41, 5.74) is 2.33. The predicted octanol–water partition coefficient (Wildman–Crippen LogP) is 2.63. The summed E-state index contributed by atoms with van der Waals surface area (Å²) < 4.78 is 0. The minimum absolute atomic E-state index is 0. The molecule has 0 saturated carbocycles. The molecule has 1 aromatic carbocycles. The summed E-state index contributed by atoms with van der Waals surface area (Å²) in [4.78, 5) is 10.4. The minimum atomic E-state index is -0.742. The SMILES string of the molecule is CCCNCc1ccc(CCC(=O)O)cc1.Cl. The van der Waals surface area contributed by atoms with E-state index >= 15 is 0 Å². The molecule has 0 unspecified atom stereocenters. The van der Waals surface area contributed by atoms with Crippen LogP contribution in [0, 0.1) is 0 Å². The maximum atomic E-state index is 10.4. The second-order valence-corrected chi connectivity index (χ2v) is 3.89. The molecular formula is C13H20ClNO2. The minimum Gasteiger partial charge on any atom is -0.481 e. The number of carbonyl (C=O) groups is 1. The first kappa shape index (κ1) is 15.9. The van der Waals surface area contributed by atoms with E-state index in [-0.39, 0.29) is 18.8 Å². The first-order chi connectivity index (χ1) is 7.72. The topological polar surface area (TPSA) is 49.3 Å². The van der Waals surface area contributed by atoms with Gasteiger partial charge in [-0.25, -0.2) is 0 Å². The molecule has 0 amide bonds. The fraction of sp³-hybridized carbons (Fsp3) is 0.462. The number of carboxylic acids is 1. The Morgan fingerprint density at radius 2 is 1.82 bits per heavy atom. The lowest BCUT2D eigenvalue weighted by Gasteiger charge is -2.04. The number of nitrogens with one attached hydrogen (secondary N) is 1. The number of carboxylic acid groups (broad SMARTS) is 1. The Morgan fingerprint density at radius 3 is 2.35 bits per heavy atom. The van der Waals surface area contributed by atoms with Crippen LogP contribution in [-0.4, -0.2) is 17.6 Å². The van der Waals surface area contributed by atoms with E-state index in [9.17, 15) is 4.79 Å². The van der Waals surface area contributed by atoms with E-state index in [1.165, 1.54) is 5.56 Å². The molecule has 0 radical (unpaired) electrons. The Labute approximate surface area is 109 Å². The van der Waals surface area contributed by atoms with Crippen molar-refractivity contribution in [3.8, 4) is 0 Å². The van der Waals surface area contributed by atoms with Gasteiger partial charge in [-0.2, -0.15) is 0 Å². The number of benzene rings is 1. The monoisotopic (exact) mass is 257 g/mol. The van der Waals surface area contributed by atoms with Crippen molar-refractivity contribution in [3.05, 3.63) is 35.4 Å². The van der Waals surface area contributed by atoms with E-state index in [2.05, 4.69) is 24.4 Å². The largest absolute Gasteiger partial charge is 0.481 e. The van der Waals surface area contributed by atoms with Crippen LogP contribution in [0.1, 0.15) is 30.9 Å². The highest BCUT2D eigenvalue weighted by molar-refractivity contribution is 5.85. The molecule has 0 bridgehead atoms. The molecule has 3 nitrogen and oxygen atoms in total. The second kappa shape index (κ2) is 9.02. The zero-order valence-corrected chi connectivity index (χ0v) is 10.9. The fourth-order valence-corrected chi connectivity index (χ4v) is 1.48. The molecule has 0 aliphatic carbocycles. The highest BCUT2D eigenvalue weighted by atomic mass is 35.5. The van der Waals surface area contributed by atoms with Crippen molar-refractivity contribution in [1.29, 1.82) is 0 Å². The Balaban J connectivity index is 0.00000256. The van der Waals surface area contributed by atoms with E-state index in [0.717, 1.165) is 25.1 Å². The van der Waals surface area contributed by atoms with Crippen molar-refractivity contribution >= 4 is 18.4 Å². The van der Waals surface area contributed by atoms with Gasteiger partial charge in [0.05, 0.1) is 0 Å². The average molecular weight is 258 g/mol. The quantitative estimate of drug-likeness (QED) is 0.739. The van der Waals surface area contributed by atoms with Crippen LogP contribution in [0.3, 0.4) is 0 Å². The third-order valence-corrected chi connectivity index (χ3v) is 2.41. The molecule has 0 atom stereocenters. The molecule has 1 aromatic rings. The van der Waals surface area contributed by atoms with Crippen molar-refractivity contribution < 1.29 is 9.90 Å². The van der Waals surface area contributed by atoms with Gasteiger partial charge in [-0.3, -0.25) is 4.79 Å². The lowest BCUT2D eigenvalue weighted by Crippen LogP contribution is -2.13. The van der Waals surface area contributed by atoms with Gasteiger partial charge in [0, 0.05) is 13.0 Å². The van der Waals surface area contributed by atoms with Gasteiger partial charge in [0.15, 0.2) is 0 Å². The number of aliphatic carboxylic acids is 1. The summed E-state index contributed by atoms with van der Waals surface area (Å²) in [6.45, 7) is 4.05. The van der Waals surface area contributed by atoms with Crippen LogP contribution in [0.25, 0.3) is 0 Å². The Kier molecular flexibility index (Phi) is 8.46. The van der Waals surface area contributed by atoms with Crippen LogP contribution in [0.15, 0.2) is 24.3 Å². The van der Waals surface area contributed by atoms with Gasteiger partial charge in [-0.1, -0.05) is 31.2 Å². The van der Waals surface area contributed by atoms with Crippen molar-refractivity contribution in [2.75, 3.05) is 6.54 Å². The van der Waals surface area contributed by atoms with Crippen LogP contribution in [-0.2, 0) is 17.8 Å². The summed E-state index contributed by atoms with van der Waals surface area (Å²) in [5.74, 6) is -0.742. The summed E-state index contributed by atoms with van der Waals surface area (Å²) in [6, 6.07) is 8.12. The number of rotatable bonds is 7. The van der Waals surface area contributed by atoms with E-state index in [0.29, 0.717) is 6.42 Å². The molecule has 2 N–H and O–H groups in total. The number of hydrogen-bond acceptors (Lipinski definition) is 2. The molecule has 0 aliphatic rings. The molecule has 0 heterocycles. The summed E-state index contributed by atoms with van der Waals surface area (Å²) >= 11 is 0. The van der Waals surface area contributed by atoms with E-state index in [4.69, 9.17) is 5.11 Å². The Morgan fingerprint density at radius 1 is 1.24 bits per heavy atom. The first-order valence-corrected chi connectivity index (χ1v) is 5.72. The lowest BCUT2D eigenvalue weighted by molar-refractivity contribution is -0.136. The van der Waals surface area contributed by atoms with Crippen LogP contribution in [0.5, 0.6) is 0 Å². The summed E-state index contributed by atoms with van der Waals surface area (Å²) in [6.07, 6.45) is 1.95. The molecule has 96 valence electrons. The number of halogens is 1. The third kappa shape index (κ3) is 6.97. The first-order valence-electron chi connectivity index (χ1n) is 5.72. The maximum absolute atomic E-state index is 10.4. The summed E-state index contributed by atoms with van der Waals surface area (Å²) in [5, 5.41) is 11.9. The van der Waals surface area contributed by atoms with Crippen LogP contribution in [0.2, 0.25) is 0 Å². The normalized spacial score (nSPS) is 9.71. The van der Waals surface area contributed by atoms with Crippen molar-refractivity contribution in [3.63, 3.8) is 0 Å². The van der Waals surface area contributed by atoms with Crippen LogP contribution in [0.4, 0.5) is 0 Å². The number of hydrogen-bond donors (Lipinski definition) is 2. The lowest BCUT2D eigenvalue weighted by atomic mass is 10.1. The summed E-state index contributed by atoms with van der Waals surface area (Å²) in [7, 11) is 0. The Hall–Kier alpha value is -1.06. The average Bonchev–Trinajstić information content (AvgIpc) is 2.28. The van der Waals surface area contributed by atoms with Gasteiger partial charge >= 0.3 is 5.97 Å². The van der Waals surface area contributed by atoms with Gasteiger partial charge in [-0.15, -0.1) is 12.4 Å². The van der Waals surface area contributed by atoms with Crippen molar-refractivity contribution in [1.82, 2.24) is 5.32 Å². The molecule has 17 heavy (non-hydrogen) atoms. The molecule has 4 heteroatoms. The van der Waals surface area contributed by atoms with E-state index < -0.39 is 5.97 Å².